The number of rotatable bonds is 10. The van der Waals surface area contributed by atoms with Crippen LogP contribution in [-0.2, 0) is 4.79 Å². The molecule has 0 bridgehead atoms. The Balaban J connectivity index is 1.75. The van der Waals surface area contributed by atoms with Crippen molar-refractivity contribution in [1.82, 2.24) is 0 Å². The number of hydrogen-bond acceptors (Lipinski definition) is 2. The number of thioether (sulfide) groups is 1. The van der Waals surface area contributed by atoms with Gasteiger partial charge in [0.25, 0.3) is 0 Å². The van der Waals surface area contributed by atoms with Crippen molar-refractivity contribution in [2.45, 2.75) is 63.7 Å². The van der Waals surface area contributed by atoms with Crippen LogP contribution in [-0.4, -0.2) is 16.8 Å². The van der Waals surface area contributed by atoms with Gasteiger partial charge in [-0.1, -0.05) is 51.3 Å². The van der Waals surface area contributed by atoms with Crippen LogP contribution in [0.2, 0.25) is 0 Å². The van der Waals surface area contributed by atoms with Crippen LogP contribution in [0, 0.1) is 23.7 Å². The van der Waals surface area contributed by atoms with Crippen LogP contribution in [0.4, 0.5) is 0 Å². The Bertz CT molecular complexity index is 488. The van der Waals surface area contributed by atoms with Crippen molar-refractivity contribution in [3.8, 4) is 0 Å². The lowest BCUT2D eigenvalue weighted by molar-refractivity contribution is -0.137. The number of carboxylic acids is 1. The predicted octanol–water partition coefficient (Wildman–Crippen LogP) is 6.11. The monoisotopic (exact) mass is 348 g/mol. The van der Waals surface area contributed by atoms with E-state index in [9.17, 15) is 4.79 Å². The lowest BCUT2D eigenvalue weighted by atomic mass is 9.85. The third-order valence-corrected chi connectivity index (χ3v) is 6.78. The normalized spacial score (nSPS) is 26.6. The van der Waals surface area contributed by atoms with E-state index in [1.807, 2.05) is 11.8 Å². The fraction of sp³-hybridized carbons (Fsp3) is 0.667. The first-order chi connectivity index (χ1) is 11.6. The number of benzene rings is 1. The fourth-order valence-electron chi connectivity index (χ4n) is 4.29. The highest BCUT2D eigenvalue weighted by molar-refractivity contribution is 7.99. The van der Waals surface area contributed by atoms with Gasteiger partial charge in [0.1, 0.15) is 0 Å². The molecule has 1 aromatic carbocycles. The van der Waals surface area contributed by atoms with Gasteiger partial charge in [-0.3, -0.25) is 4.79 Å². The van der Waals surface area contributed by atoms with Gasteiger partial charge in [0.15, 0.2) is 0 Å². The van der Waals surface area contributed by atoms with E-state index in [-0.39, 0.29) is 0 Å². The summed E-state index contributed by atoms with van der Waals surface area (Å²) >= 11 is 2.01. The molecule has 2 nitrogen and oxygen atoms in total. The quantitative estimate of drug-likeness (QED) is 0.409. The second-order valence-electron chi connectivity index (χ2n) is 7.49. The predicted molar refractivity (Wildman–Crippen MR) is 102 cm³/mol. The van der Waals surface area contributed by atoms with Gasteiger partial charge < -0.3 is 5.11 Å². The van der Waals surface area contributed by atoms with E-state index >= 15 is 0 Å². The van der Waals surface area contributed by atoms with Crippen LogP contribution in [0.5, 0.6) is 0 Å². The van der Waals surface area contributed by atoms with Crippen molar-refractivity contribution in [2.24, 2.45) is 23.7 Å². The van der Waals surface area contributed by atoms with E-state index in [1.165, 1.54) is 36.3 Å². The minimum atomic E-state index is -0.661. The van der Waals surface area contributed by atoms with Crippen molar-refractivity contribution in [1.29, 1.82) is 0 Å². The van der Waals surface area contributed by atoms with Crippen LogP contribution >= 0.6 is 11.8 Å². The Kier molecular flexibility index (Phi) is 8.17. The smallest absolute Gasteiger partial charge is 0.303 e. The minimum absolute atomic E-state index is 0.327. The minimum Gasteiger partial charge on any atom is -0.481 e. The molecule has 1 aliphatic rings. The van der Waals surface area contributed by atoms with E-state index in [4.69, 9.17) is 5.11 Å². The molecular formula is C21H32O2S. The molecular weight excluding hydrogens is 316 g/mol. The Labute approximate surface area is 151 Å². The van der Waals surface area contributed by atoms with Gasteiger partial charge in [-0.05, 0) is 55.1 Å². The number of carbonyl (C=O) groups is 1. The first kappa shape index (κ1) is 19.4. The summed E-state index contributed by atoms with van der Waals surface area (Å²) in [4.78, 5) is 11.9. The zero-order chi connectivity index (χ0) is 17.4. The summed E-state index contributed by atoms with van der Waals surface area (Å²) in [6.45, 7) is 4.86. The van der Waals surface area contributed by atoms with Gasteiger partial charge in [0.05, 0.1) is 0 Å². The lowest BCUT2D eigenvalue weighted by Crippen LogP contribution is -2.18. The van der Waals surface area contributed by atoms with Gasteiger partial charge in [0.2, 0.25) is 0 Å². The standard InChI is InChI=1S/C21H32O2S/c1-16-14-17(2)20(15-24-18-10-6-5-7-11-18)19(16)12-8-3-4-9-13-21(22)23/h5-7,10-11,16-17,19-20H,3-4,8-9,12-15H2,1-2H3,(H,22,23). The summed E-state index contributed by atoms with van der Waals surface area (Å²) < 4.78 is 0. The molecule has 0 aliphatic heterocycles. The molecule has 0 amide bonds. The van der Waals surface area contributed by atoms with Gasteiger partial charge in [-0.2, -0.15) is 0 Å². The van der Waals surface area contributed by atoms with Gasteiger partial charge in [0, 0.05) is 17.1 Å². The number of aliphatic carboxylic acids is 1. The lowest BCUT2D eigenvalue weighted by Gasteiger charge is -2.24. The number of hydrogen-bond donors (Lipinski definition) is 1. The van der Waals surface area contributed by atoms with Crippen LogP contribution in [0.15, 0.2) is 35.2 Å². The van der Waals surface area contributed by atoms with Crippen LogP contribution in [0.25, 0.3) is 0 Å². The molecule has 0 saturated heterocycles. The fourth-order valence-corrected chi connectivity index (χ4v) is 5.60. The van der Waals surface area contributed by atoms with E-state index in [0.717, 1.165) is 36.5 Å². The molecule has 134 valence electrons. The highest BCUT2D eigenvalue weighted by Crippen LogP contribution is 2.46. The average molecular weight is 349 g/mol. The zero-order valence-electron chi connectivity index (χ0n) is 15.1. The van der Waals surface area contributed by atoms with E-state index in [0.29, 0.717) is 6.42 Å². The van der Waals surface area contributed by atoms with Crippen molar-refractivity contribution < 1.29 is 9.90 Å². The topological polar surface area (TPSA) is 37.3 Å². The van der Waals surface area contributed by atoms with E-state index in [1.54, 1.807) is 0 Å². The summed E-state index contributed by atoms with van der Waals surface area (Å²) in [5.41, 5.74) is 0. The zero-order valence-corrected chi connectivity index (χ0v) is 15.9. The molecule has 4 atom stereocenters. The summed E-state index contributed by atoms with van der Waals surface area (Å²) in [6, 6.07) is 10.8. The third-order valence-electron chi connectivity index (χ3n) is 5.62. The molecule has 0 spiro atoms. The highest BCUT2D eigenvalue weighted by Gasteiger charge is 2.37. The maximum atomic E-state index is 10.5. The van der Waals surface area contributed by atoms with E-state index in [2.05, 4.69) is 44.2 Å². The van der Waals surface area contributed by atoms with Crippen molar-refractivity contribution in [3.63, 3.8) is 0 Å². The van der Waals surface area contributed by atoms with E-state index < -0.39 is 5.97 Å². The van der Waals surface area contributed by atoms with Crippen LogP contribution in [0.1, 0.15) is 58.8 Å². The molecule has 2 rings (SSSR count). The molecule has 3 heteroatoms. The maximum Gasteiger partial charge on any atom is 0.303 e. The molecule has 4 unspecified atom stereocenters. The summed E-state index contributed by atoms with van der Waals surface area (Å²) in [5, 5.41) is 8.69. The second-order valence-corrected chi connectivity index (χ2v) is 8.58. The van der Waals surface area contributed by atoms with Crippen LogP contribution < -0.4 is 0 Å². The van der Waals surface area contributed by atoms with Crippen LogP contribution in [0.3, 0.4) is 0 Å². The molecule has 1 N–H and O–H groups in total. The highest BCUT2D eigenvalue weighted by atomic mass is 32.2. The SMILES string of the molecule is CC1CC(C)C(CSc2ccccc2)C1CCCCCCC(=O)O. The Hall–Kier alpha value is -0.960. The van der Waals surface area contributed by atoms with Crippen molar-refractivity contribution >= 4 is 17.7 Å². The van der Waals surface area contributed by atoms with Crippen molar-refractivity contribution in [2.75, 3.05) is 5.75 Å². The van der Waals surface area contributed by atoms with Gasteiger partial charge in [-0.25, -0.2) is 0 Å². The molecule has 1 aromatic rings. The average Bonchev–Trinajstić information content (AvgIpc) is 2.83. The first-order valence-electron chi connectivity index (χ1n) is 9.47. The summed E-state index contributed by atoms with van der Waals surface area (Å²) in [5.74, 6) is 3.90. The Morgan fingerprint density at radius 1 is 1.04 bits per heavy atom. The summed E-state index contributed by atoms with van der Waals surface area (Å²) in [7, 11) is 0. The molecule has 0 aromatic heterocycles. The molecule has 1 fully saturated rings. The Morgan fingerprint density at radius 2 is 1.71 bits per heavy atom. The number of unbranched alkanes of at least 4 members (excludes halogenated alkanes) is 3. The van der Waals surface area contributed by atoms with Gasteiger partial charge >= 0.3 is 5.97 Å². The molecule has 1 aliphatic carbocycles. The molecule has 24 heavy (non-hydrogen) atoms. The summed E-state index contributed by atoms with van der Waals surface area (Å²) in [6.07, 6.45) is 7.35. The number of carboxylic acid groups (broad SMARTS) is 1. The second kappa shape index (κ2) is 10.1. The molecule has 1 saturated carbocycles. The molecule has 0 radical (unpaired) electrons. The largest absolute Gasteiger partial charge is 0.481 e. The maximum absolute atomic E-state index is 10.5. The first-order valence-corrected chi connectivity index (χ1v) is 10.5. The van der Waals surface area contributed by atoms with Gasteiger partial charge in [-0.15, -0.1) is 11.8 Å². The Morgan fingerprint density at radius 3 is 2.42 bits per heavy atom. The molecule has 0 heterocycles. The third kappa shape index (κ3) is 6.16. The van der Waals surface area contributed by atoms with Crippen molar-refractivity contribution in [3.05, 3.63) is 30.3 Å².